The van der Waals surface area contributed by atoms with Gasteiger partial charge in [0.2, 0.25) is 5.91 Å². The van der Waals surface area contributed by atoms with E-state index in [-0.39, 0.29) is 17.2 Å². The summed E-state index contributed by atoms with van der Waals surface area (Å²) in [6, 6.07) is 1.54. The molecule has 3 rings (SSSR count). The Morgan fingerprint density at radius 1 is 1.13 bits per heavy atom. The van der Waals surface area contributed by atoms with E-state index in [9.17, 15) is 9.90 Å². The fourth-order valence-corrected chi connectivity index (χ4v) is 3.76. The highest BCUT2D eigenvalue weighted by Gasteiger charge is 2.34. The molecule has 3 N–H and O–H groups in total. The monoisotopic (exact) mass is 430 g/mol. The van der Waals surface area contributed by atoms with Gasteiger partial charge in [-0.15, -0.1) is 0 Å². The standard InChI is InChI=1S/C23H34N4O4/c1-22(2,3)20(24-8-7-17-11-18(28)26-31-17)15-9-14(10-15)19-16(13-30-27-19)12-25-21(29)23(4,5)6/h11,13-14,24H,7-10,12H2,1-6H3,(H,25,29)(H,26,28). The Hall–Kier alpha value is -2.77. The topological polar surface area (TPSA) is 113 Å². The minimum atomic E-state index is -0.429. The first kappa shape index (κ1) is 22.9. The van der Waals surface area contributed by atoms with Crippen LogP contribution in [0.15, 0.2) is 32.6 Å². The van der Waals surface area contributed by atoms with Crippen molar-refractivity contribution in [3.05, 3.63) is 40.6 Å². The second kappa shape index (κ2) is 8.77. The van der Waals surface area contributed by atoms with Crippen molar-refractivity contribution in [2.24, 2.45) is 10.8 Å². The molecule has 170 valence electrons. The fourth-order valence-electron chi connectivity index (χ4n) is 3.76. The average molecular weight is 431 g/mol. The van der Waals surface area contributed by atoms with Gasteiger partial charge in [0.1, 0.15) is 12.0 Å². The number of carbonyl (C=O) groups excluding carboxylic acids is 1. The summed E-state index contributed by atoms with van der Waals surface area (Å²) < 4.78 is 10.3. The van der Waals surface area contributed by atoms with Crippen LogP contribution in [0.25, 0.3) is 0 Å². The number of carbonyl (C=O) groups is 1. The number of rotatable bonds is 7. The Morgan fingerprint density at radius 3 is 2.42 bits per heavy atom. The van der Waals surface area contributed by atoms with Crippen LogP contribution in [0, 0.1) is 10.8 Å². The molecule has 0 aromatic carbocycles. The molecule has 2 heterocycles. The molecule has 1 aliphatic carbocycles. The van der Waals surface area contributed by atoms with E-state index >= 15 is 0 Å². The van der Waals surface area contributed by atoms with Gasteiger partial charge in [-0.1, -0.05) is 46.7 Å². The summed E-state index contributed by atoms with van der Waals surface area (Å²) in [5, 5.41) is 23.6. The Bertz CT molecular complexity index is 935. The van der Waals surface area contributed by atoms with Crippen LogP contribution in [0.2, 0.25) is 0 Å². The number of hydrogen-bond acceptors (Lipinski definition) is 7. The van der Waals surface area contributed by atoms with Crippen molar-refractivity contribution in [2.45, 2.75) is 73.3 Å². The van der Waals surface area contributed by atoms with Crippen LogP contribution in [-0.2, 0) is 17.8 Å². The van der Waals surface area contributed by atoms with Gasteiger partial charge in [-0.2, -0.15) is 0 Å². The van der Waals surface area contributed by atoms with Gasteiger partial charge in [-0.3, -0.25) is 4.79 Å². The Kier molecular flexibility index (Phi) is 6.48. The molecule has 1 saturated carbocycles. The maximum Gasteiger partial charge on any atom is 0.251 e. The maximum absolute atomic E-state index is 12.2. The molecular formula is C23H34N4O4. The third-order valence-corrected chi connectivity index (χ3v) is 5.49. The van der Waals surface area contributed by atoms with Crippen LogP contribution in [-0.4, -0.2) is 27.9 Å². The summed E-state index contributed by atoms with van der Waals surface area (Å²) in [5.41, 5.74) is 4.04. The average Bonchev–Trinajstić information content (AvgIpc) is 3.24. The molecular weight excluding hydrogens is 396 g/mol. The molecule has 0 unspecified atom stereocenters. The molecule has 1 amide bonds. The first-order valence-corrected chi connectivity index (χ1v) is 10.8. The quantitative estimate of drug-likeness (QED) is 0.607. The van der Waals surface area contributed by atoms with Crippen LogP contribution < -0.4 is 10.6 Å². The number of amides is 1. The lowest BCUT2D eigenvalue weighted by Crippen LogP contribution is -2.34. The highest BCUT2D eigenvalue weighted by Crippen LogP contribution is 2.45. The van der Waals surface area contributed by atoms with E-state index in [2.05, 4.69) is 41.7 Å². The van der Waals surface area contributed by atoms with Gasteiger partial charge < -0.3 is 24.8 Å². The van der Waals surface area contributed by atoms with E-state index in [1.807, 2.05) is 20.8 Å². The van der Waals surface area contributed by atoms with Crippen molar-refractivity contribution >= 4 is 5.91 Å². The Balaban J connectivity index is 1.61. The van der Waals surface area contributed by atoms with Crippen molar-refractivity contribution in [3.63, 3.8) is 0 Å². The van der Waals surface area contributed by atoms with E-state index in [0.29, 0.717) is 31.2 Å². The highest BCUT2D eigenvalue weighted by molar-refractivity contribution is 5.81. The first-order chi connectivity index (χ1) is 14.4. The minimum absolute atomic E-state index is 0.00754. The lowest BCUT2D eigenvalue weighted by molar-refractivity contribution is -0.128. The molecule has 1 aliphatic rings. The van der Waals surface area contributed by atoms with E-state index in [1.54, 1.807) is 6.26 Å². The number of nitrogens with zero attached hydrogens (tertiary/aromatic N) is 2. The smallest absolute Gasteiger partial charge is 0.251 e. The maximum atomic E-state index is 12.2. The molecule has 8 heteroatoms. The lowest BCUT2D eigenvalue weighted by Gasteiger charge is -2.36. The zero-order valence-electron chi connectivity index (χ0n) is 19.3. The molecule has 0 aliphatic heterocycles. The van der Waals surface area contributed by atoms with Crippen molar-refractivity contribution < 1.29 is 18.9 Å². The summed E-state index contributed by atoms with van der Waals surface area (Å²) in [6.07, 6.45) is 4.10. The Morgan fingerprint density at radius 2 is 1.84 bits per heavy atom. The normalized spacial score (nSPS) is 16.7. The number of allylic oxidation sites excluding steroid dienone is 2. The number of nitrogens with one attached hydrogen (secondary N) is 2. The number of aromatic nitrogens is 2. The van der Waals surface area contributed by atoms with Crippen molar-refractivity contribution in [3.8, 4) is 5.88 Å². The molecule has 31 heavy (non-hydrogen) atoms. The molecule has 1 fully saturated rings. The molecule has 2 aromatic rings. The van der Waals surface area contributed by atoms with Crippen molar-refractivity contribution in [1.82, 2.24) is 20.9 Å². The molecule has 0 spiro atoms. The van der Waals surface area contributed by atoms with Gasteiger partial charge in [-0.25, -0.2) is 0 Å². The van der Waals surface area contributed by atoms with Crippen LogP contribution in [0.3, 0.4) is 0 Å². The van der Waals surface area contributed by atoms with E-state index in [0.717, 1.165) is 24.1 Å². The van der Waals surface area contributed by atoms with Crippen molar-refractivity contribution in [2.75, 3.05) is 6.54 Å². The van der Waals surface area contributed by atoms with Gasteiger partial charge in [0.25, 0.3) is 5.88 Å². The molecule has 0 radical (unpaired) electrons. The number of aromatic hydroxyl groups is 1. The summed E-state index contributed by atoms with van der Waals surface area (Å²) in [5.74, 6) is 0.862. The molecule has 0 saturated heterocycles. The SMILES string of the molecule is CC(C)(C)C(=O)NCc1conc1C1CC(=C(NCCc2cc(O)no2)C(C)(C)C)C1. The van der Waals surface area contributed by atoms with Crippen LogP contribution in [0.5, 0.6) is 5.88 Å². The third-order valence-electron chi connectivity index (χ3n) is 5.49. The van der Waals surface area contributed by atoms with E-state index in [4.69, 9.17) is 9.05 Å². The van der Waals surface area contributed by atoms with Gasteiger partial charge >= 0.3 is 0 Å². The Labute approximate surface area is 183 Å². The van der Waals surface area contributed by atoms with Gasteiger partial charge in [-0.05, 0) is 23.6 Å². The highest BCUT2D eigenvalue weighted by atomic mass is 16.5. The molecule has 8 nitrogen and oxygen atoms in total. The fraction of sp³-hybridized carbons (Fsp3) is 0.609. The third kappa shape index (κ3) is 5.68. The zero-order valence-corrected chi connectivity index (χ0v) is 19.3. The second-order valence-electron chi connectivity index (χ2n) is 10.3. The molecule has 0 atom stereocenters. The van der Waals surface area contributed by atoms with Crippen molar-refractivity contribution in [1.29, 1.82) is 0 Å². The summed E-state index contributed by atoms with van der Waals surface area (Å²) >= 11 is 0. The lowest BCUT2D eigenvalue weighted by atomic mass is 9.72. The van der Waals surface area contributed by atoms with Gasteiger partial charge in [0.15, 0.2) is 0 Å². The largest absolute Gasteiger partial charge is 0.491 e. The molecule has 0 bridgehead atoms. The first-order valence-electron chi connectivity index (χ1n) is 10.8. The number of hydrogen-bond donors (Lipinski definition) is 3. The predicted molar refractivity (Wildman–Crippen MR) is 116 cm³/mol. The summed E-state index contributed by atoms with van der Waals surface area (Å²) in [6.45, 7) is 13.4. The van der Waals surface area contributed by atoms with Gasteiger partial charge in [0.05, 0.1) is 5.69 Å². The van der Waals surface area contributed by atoms with Gasteiger partial charge in [0, 0.05) is 53.6 Å². The van der Waals surface area contributed by atoms with Crippen LogP contribution >= 0.6 is 0 Å². The van der Waals surface area contributed by atoms with Crippen LogP contribution in [0.1, 0.15) is 77.3 Å². The second-order valence-corrected chi connectivity index (χ2v) is 10.3. The van der Waals surface area contributed by atoms with Crippen LogP contribution in [0.4, 0.5) is 0 Å². The molecule has 2 aromatic heterocycles. The van der Waals surface area contributed by atoms with E-state index in [1.165, 1.54) is 17.3 Å². The minimum Gasteiger partial charge on any atom is -0.491 e. The van der Waals surface area contributed by atoms with E-state index < -0.39 is 5.41 Å². The summed E-state index contributed by atoms with van der Waals surface area (Å²) in [7, 11) is 0. The zero-order chi connectivity index (χ0) is 22.8. The summed E-state index contributed by atoms with van der Waals surface area (Å²) in [4.78, 5) is 12.2. The predicted octanol–water partition coefficient (Wildman–Crippen LogP) is 4.04.